The Morgan fingerprint density at radius 1 is 1.25 bits per heavy atom. The molecule has 114 valence electrons. The van der Waals surface area contributed by atoms with Gasteiger partial charge in [-0.2, -0.15) is 22.0 Å². The predicted molar refractivity (Wildman–Crippen MR) is 67.8 cm³/mol. The van der Waals surface area contributed by atoms with Crippen molar-refractivity contribution < 1.29 is 26.7 Å². The fourth-order valence-electron chi connectivity index (χ4n) is 1.53. The summed E-state index contributed by atoms with van der Waals surface area (Å²) in [4.78, 5) is 0. The topological polar surface area (TPSA) is 21.3 Å². The molecule has 1 rings (SSSR count). The zero-order valence-electron chi connectivity index (χ0n) is 10.3. The fourth-order valence-corrected chi connectivity index (χ4v) is 1.94. The van der Waals surface area contributed by atoms with Crippen molar-refractivity contribution in [3.8, 4) is 5.75 Å². The molecule has 0 aliphatic rings. The number of hydrogen-bond acceptors (Lipinski definition) is 2. The van der Waals surface area contributed by atoms with Crippen LogP contribution >= 0.6 is 15.9 Å². The van der Waals surface area contributed by atoms with Gasteiger partial charge in [-0.05, 0) is 31.2 Å². The lowest BCUT2D eigenvalue weighted by Gasteiger charge is -2.12. The minimum Gasteiger partial charge on any atom is -0.434 e. The molecular weight excluding hydrogens is 349 g/mol. The highest BCUT2D eigenvalue weighted by Crippen LogP contribution is 2.25. The third kappa shape index (κ3) is 7.04. The summed E-state index contributed by atoms with van der Waals surface area (Å²) in [5.74, 6) is 0.00604. The Hall–Kier alpha value is -0.890. The molecule has 0 saturated carbocycles. The summed E-state index contributed by atoms with van der Waals surface area (Å²) in [6.45, 7) is -2.65. The van der Waals surface area contributed by atoms with Crippen molar-refractivity contribution in [2.45, 2.75) is 32.2 Å². The van der Waals surface area contributed by atoms with Crippen LogP contribution in [0.5, 0.6) is 5.75 Å². The van der Waals surface area contributed by atoms with Gasteiger partial charge in [-0.15, -0.1) is 0 Å². The van der Waals surface area contributed by atoms with E-state index in [0.717, 1.165) is 0 Å². The van der Waals surface area contributed by atoms with E-state index in [2.05, 4.69) is 26.0 Å². The molecule has 0 aliphatic carbocycles. The zero-order chi connectivity index (χ0) is 15.2. The molecule has 20 heavy (non-hydrogen) atoms. The maximum Gasteiger partial charge on any atom is 0.389 e. The molecule has 1 N–H and O–H groups in total. The van der Waals surface area contributed by atoms with Crippen LogP contribution in [0.25, 0.3) is 0 Å². The Morgan fingerprint density at radius 2 is 1.95 bits per heavy atom. The number of hydrogen-bond donors (Lipinski definition) is 1. The van der Waals surface area contributed by atoms with E-state index >= 15 is 0 Å². The SMILES string of the molecule is FC(F)Oc1ccc(Br)cc1CNCCCC(F)(F)F. The Labute approximate surface area is 121 Å². The minimum atomic E-state index is -4.18. The van der Waals surface area contributed by atoms with Crippen molar-refractivity contribution in [3.05, 3.63) is 28.2 Å². The number of alkyl halides is 5. The molecule has 1 aromatic carbocycles. The molecule has 0 aromatic heterocycles. The third-order valence-electron chi connectivity index (χ3n) is 2.37. The highest BCUT2D eigenvalue weighted by atomic mass is 79.9. The maximum absolute atomic E-state index is 12.2. The maximum atomic E-state index is 12.2. The van der Waals surface area contributed by atoms with Crippen LogP contribution in [0.15, 0.2) is 22.7 Å². The standard InChI is InChI=1S/C12H13BrF5NO/c13-9-2-3-10(20-11(14)15)8(6-9)7-19-5-1-4-12(16,17)18/h2-3,6,11,19H,1,4-5,7H2. The number of rotatable bonds is 7. The van der Waals surface area contributed by atoms with E-state index in [4.69, 9.17) is 0 Å². The van der Waals surface area contributed by atoms with Gasteiger partial charge in [0.25, 0.3) is 0 Å². The number of nitrogens with one attached hydrogen (secondary N) is 1. The molecule has 0 saturated heterocycles. The van der Waals surface area contributed by atoms with E-state index in [0.29, 0.717) is 10.0 Å². The van der Waals surface area contributed by atoms with Crippen LogP contribution in [-0.2, 0) is 6.54 Å². The Bertz CT molecular complexity index is 425. The van der Waals surface area contributed by atoms with Gasteiger partial charge in [-0.1, -0.05) is 15.9 Å². The summed E-state index contributed by atoms with van der Waals surface area (Å²) < 4.78 is 65.2. The van der Waals surface area contributed by atoms with Crippen LogP contribution in [0, 0.1) is 0 Å². The summed E-state index contributed by atoms with van der Waals surface area (Å²) in [5.41, 5.74) is 0.451. The van der Waals surface area contributed by atoms with Gasteiger partial charge < -0.3 is 10.1 Å². The normalized spacial score (nSPS) is 11.9. The summed E-state index contributed by atoms with van der Waals surface area (Å²) in [5, 5.41) is 2.77. The Kier molecular flexibility index (Phi) is 6.67. The van der Waals surface area contributed by atoms with Crippen LogP contribution in [0.2, 0.25) is 0 Å². The average molecular weight is 362 g/mol. The number of ether oxygens (including phenoxy) is 1. The molecule has 0 atom stereocenters. The van der Waals surface area contributed by atoms with Gasteiger partial charge in [0.15, 0.2) is 0 Å². The summed E-state index contributed by atoms with van der Waals surface area (Å²) >= 11 is 3.19. The molecule has 0 bridgehead atoms. The van der Waals surface area contributed by atoms with Gasteiger partial charge in [0.05, 0.1) is 0 Å². The van der Waals surface area contributed by atoms with Gasteiger partial charge in [0.1, 0.15) is 5.75 Å². The Morgan fingerprint density at radius 3 is 2.55 bits per heavy atom. The predicted octanol–water partition coefficient (Wildman–Crippen LogP) is 4.48. The Balaban J connectivity index is 2.48. The van der Waals surface area contributed by atoms with E-state index in [1.54, 1.807) is 12.1 Å². The second-order valence-electron chi connectivity index (χ2n) is 4.03. The molecular formula is C12H13BrF5NO. The summed E-state index contributed by atoms with van der Waals surface area (Å²) in [7, 11) is 0. The number of halogens is 6. The number of benzene rings is 1. The van der Waals surface area contributed by atoms with Gasteiger partial charge in [-0.3, -0.25) is 0 Å². The van der Waals surface area contributed by atoms with Crippen molar-refractivity contribution >= 4 is 15.9 Å². The summed E-state index contributed by atoms with van der Waals surface area (Å²) in [6.07, 6.45) is -5.12. The third-order valence-corrected chi connectivity index (χ3v) is 2.86. The highest BCUT2D eigenvalue weighted by molar-refractivity contribution is 9.10. The first-order chi connectivity index (χ1) is 9.28. The average Bonchev–Trinajstić information content (AvgIpc) is 2.30. The lowest BCUT2D eigenvalue weighted by molar-refractivity contribution is -0.135. The first-order valence-electron chi connectivity index (χ1n) is 5.78. The first-order valence-corrected chi connectivity index (χ1v) is 6.58. The van der Waals surface area contributed by atoms with Crippen molar-refractivity contribution in [1.82, 2.24) is 5.32 Å². The van der Waals surface area contributed by atoms with E-state index in [9.17, 15) is 22.0 Å². The van der Waals surface area contributed by atoms with Crippen LogP contribution in [0.1, 0.15) is 18.4 Å². The van der Waals surface area contributed by atoms with Crippen LogP contribution in [0.4, 0.5) is 22.0 Å². The molecule has 0 aliphatic heterocycles. The first kappa shape index (κ1) is 17.2. The van der Waals surface area contributed by atoms with Gasteiger partial charge in [0, 0.05) is 23.0 Å². The lowest BCUT2D eigenvalue weighted by Crippen LogP contribution is -2.18. The molecule has 0 spiro atoms. The highest BCUT2D eigenvalue weighted by Gasteiger charge is 2.25. The van der Waals surface area contributed by atoms with E-state index < -0.39 is 19.2 Å². The minimum absolute atomic E-state index is 0.00604. The second-order valence-corrected chi connectivity index (χ2v) is 4.94. The summed E-state index contributed by atoms with van der Waals surface area (Å²) in [6, 6.07) is 4.50. The fraction of sp³-hybridized carbons (Fsp3) is 0.500. The van der Waals surface area contributed by atoms with Crippen molar-refractivity contribution in [3.63, 3.8) is 0 Å². The van der Waals surface area contributed by atoms with Crippen LogP contribution in [0.3, 0.4) is 0 Å². The van der Waals surface area contributed by atoms with E-state index in [1.165, 1.54) is 6.07 Å². The van der Waals surface area contributed by atoms with Gasteiger partial charge in [-0.25, -0.2) is 0 Å². The van der Waals surface area contributed by atoms with Gasteiger partial charge >= 0.3 is 12.8 Å². The smallest absolute Gasteiger partial charge is 0.389 e. The molecule has 0 radical (unpaired) electrons. The molecule has 0 amide bonds. The molecule has 0 heterocycles. The van der Waals surface area contributed by atoms with Crippen molar-refractivity contribution in [2.75, 3.05) is 6.54 Å². The van der Waals surface area contributed by atoms with Crippen LogP contribution < -0.4 is 10.1 Å². The van der Waals surface area contributed by atoms with Gasteiger partial charge in [0.2, 0.25) is 0 Å². The second kappa shape index (κ2) is 7.78. The molecule has 1 aromatic rings. The monoisotopic (exact) mass is 361 g/mol. The van der Waals surface area contributed by atoms with E-state index in [1.807, 2.05) is 0 Å². The quantitative estimate of drug-likeness (QED) is 0.570. The van der Waals surface area contributed by atoms with Crippen LogP contribution in [-0.4, -0.2) is 19.3 Å². The molecule has 2 nitrogen and oxygen atoms in total. The molecule has 0 fully saturated rings. The lowest BCUT2D eigenvalue weighted by atomic mass is 10.2. The molecule has 8 heteroatoms. The van der Waals surface area contributed by atoms with E-state index in [-0.39, 0.29) is 25.3 Å². The molecule has 0 unspecified atom stereocenters. The van der Waals surface area contributed by atoms with Crippen molar-refractivity contribution in [1.29, 1.82) is 0 Å². The zero-order valence-corrected chi connectivity index (χ0v) is 11.9. The largest absolute Gasteiger partial charge is 0.434 e. The van der Waals surface area contributed by atoms with Crippen molar-refractivity contribution in [2.24, 2.45) is 0 Å².